The Balaban J connectivity index is 1.36. The molecule has 5 rings (SSSR count). The first-order chi connectivity index (χ1) is 16.7. The van der Waals surface area contributed by atoms with Crippen LogP contribution in [0.2, 0.25) is 0 Å². The molecule has 0 fully saturated rings. The number of hydrazone groups is 2. The summed E-state index contributed by atoms with van der Waals surface area (Å²) in [6, 6.07) is 25.6. The Bertz CT molecular complexity index is 1420. The molecule has 166 valence electrons. The van der Waals surface area contributed by atoms with Crippen molar-refractivity contribution >= 4 is 44.6 Å². The van der Waals surface area contributed by atoms with Crippen molar-refractivity contribution in [1.82, 2.24) is 15.0 Å². The van der Waals surface area contributed by atoms with Gasteiger partial charge in [0.05, 0.1) is 45.2 Å². The zero-order chi connectivity index (χ0) is 23.3. The van der Waals surface area contributed by atoms with Crippen LogP contribution in [0.5, 0.6) is 0 Å². The van der Waals surface area contributed by atoms with E-state index in [1.165, 1.54) is 0 Å². The van der Waals surface area contributed by atoms with Gasteiger partial charge in [-0.3, -0.25) is 20.8 Å². The van der Waals surface area contributed by atoms with Gasteiger partial charge in [0, 0.05) is 23.2 Å². The Morgan fingerprint density at radius 2 is 1.03 bits per heavy atom. The third kappa shape index (κ3) is 4.45. The summed E-state index contributed by atoms with van der Waals surface area (Å²) in [5.41, 5.74) is 12.8. The number of pyridine rings is 3. The predicted molar refractivity (Wildman–Crippen MR) is 139 cm³/mol. The third-order valence-corrected chi connectivity index (χ3v) is 5.44. The maximum atomic E-state index is 4.75. The van der Waals surface area contributed by atoms with Crippen LogP contribution in [0.25, 0.3) is 21.8 Å². The largest absolute Gasteiger partial charge is 0.276 e. The van der Waals surface area contributed by atoms with Gasteiger partial charge in [0.1, 0.15) is 0 Å². The zero-order valence-corrected chi connectivity index (χ0v) is 18.9. The molecule has 2 aromatic carbocycles. The van der Waals surface area contributed by atoms with E-state index in [0.29, 0.717) is 0 Å². The summed E-state index contributed by atoms with van der Waals surface area (Å²) >= 11 is 0. The average Bonchev–Trinajstić information content (AvgIpc) is 2.90. The molecule has 0 aliphatic rings. The van der Waals surface area contributed by atoms with Crippen LogP contribution in [-0.2, 0) is 0 Å². The molecule has 5 aromatic rings. The minimum absolute atomic E-state index is 0.758. The molecule has 7 heteroatoms. The standard InChI is InChI=1S/C27H23N7/c1-18(31-33-24-14-3-8-20-10-6-16-28-26(20)24)22-12-5-13-23(30-22)19(2)32-34-25-15-4-9-21-11-7-17-29-27(21)25/h3-17,33-34H,1-2H3. The van der Waals surface area contributed by atoms with Gasteiger partial charge in [-0.2, -0.15) is 10.2 Å². The van der Waals surface area contributed by atoms with E-state index in [1.54, 1.807) is 12.4 Å². The summed E-state index contributed by atoms with van der Waals surface area (Å²) in [6.07, 6.45) is 3.55. The fourth-order valence-corrected chi connectivity index (χ4v) is 3.63. The van der Waals surface area contributed by atoms with Crippen molar-refractivity contribution in [3.8, 4) is 0 Å². The van der Waals surface area contributed by atoms with Crippen LogP contribution >= 0.6 is 0 Å². The van der Waals surface area contributed by atoms with Crippen molar-refractivity contribution in [3.05, 3.63) is 103 Å². The summed E-state index contributed by atoms with van der Waals surface area (Å²) in [5.74, 6) is 0. The second kappa shape index (κ2) is 9.46. The van der Waals surface area contributed by atoms with Crippen molar-refractivity contribution in [1.29, 1.82) is 0 Å². The summed E-state index contributed by atoms with van der Waals surface area (Å²) < 4.78 is 0. The highest BCUT2D eigenvalue weighted by Crippen LogP contribution is 2.22. The van der Waals surface area contributed by atoms with Crippen LogP contribution in [0.1, 0.15) is 25.2 Å². The lowest BCUT2D eigenvalue weighted by Gasteiger charge is -2.08. The summed E-state index contributed by atoms with van der Waals surface area (Å²) in [5, 5.41) is 11.2. The van der Waals surface area contributed by atoms with E-state index in [2.05, 4.69) is 31.0 Å². The lowest BCUT2D eigenvalue weighted by atomic mass is 10.2. The maximum absolute atomic E-state index is 4.75. The van der Waals surface area contributed by atoms with Crippen LogP contribution < -0.4 is 10.9 Å². The van der Waals surface area contributed by atoms with Crippen molar-refractivity contribution in [2.24, 2.45) is 10.2 Å². The van der Waals surface area contributed by atoms with Crippen LogP contribution in [0, 0.1) is 0 Å². The van der Waals surface area contributed by atoms with Crippen LogP contribution in [-0.4, -0.2) is 26.4 Å². The summed E-state index contributed by atoms with van der Waals surface area (Å²) in [7, 11) is 0. The van der Waals surface area contributed by atoms with Gasteiger partial charge in [0.2, 0.25) is 0 Å². The molecule has 34 heavy (non-hydrogen) atoms. The molecule has 0 spiro atoms. The Hall–Kier alpha value is -4.65. The molecular weight excluding hydrogens is 422 g/mol. The Labute approximate surface area is 197 Å². The van der Waals surface area contributed by atoms with Gasteiger partial charge in [-0.1, -0.05) is 42.5 Å². The van der Waals surface area contributed by atoms with Crippen molar-refractivity contribution in [3.63, 3.8) is 0 Å². The highest BCUT2D eigenvalue weighted by Gasteiger charge is 2.06. The first-order valence-corrected chi connectivity index (χ1v) is 10.9. The van der Waals surface area contributed by atoms with Crippen molar-refractivity contribution in [2.45, 2.75) is 13.8 Å². The number of fused-ring (bicyclic) bond motifs is 2. The average molecular weight is 446 g/mol. The second-order valence-corrected chi connectivity index (χ2v) is 7.79. The van der Waals surface area contributed by atoms with Crippen LogP contribution in [0.3, 0.4) is 0 Å². The minimum atomic E-state index is 0.758. The number of nitrogens with one attached hydrogen (secondary N) is 2. The predicted octanol–water partition coefficient (Wildman–Crippen LogP) is 5.85. The molecule has 2 N–H and O–H groups in total. The smallest absolute Gasteiger partial charge is 0.0951 e. The van der Waals surface area contributed by atoms with Gasteiger partial charge in [-0.25, -0.2) is 4.98 Å². The van der Waals surface area contributed by atoms with Gasteiger partial charge in [-0.15, -0.1) is 0 Å². The lowest BCUT2D eigenvalue weighted by Crippen LogP contribution is -2.08. The molecule has 7 nitrogen and oxygen atoms in total. The lowest BCUT2D eigenvalue weighted by molar-refractivity contribution is 1.21. The Morgan fingerprint density at radius 3 is 1.53 bits per heavy atom. The first-order valence-electron chi connectivity index (χ1n) is 10.9. The van der Waals surface area contributed by atoms with E-state index >= 15 is 0 Å². The third-order valence-electron chi connectivity index (χ3n) is 5.44. The SMILES string of the molecule is CC(=NNc1cccc2cccnc12)c1cccc(C(C)=NNc2cccc3cccnc23)n1. The molecule has 3 heterocycles. The van der Waals surface area contributed by atoms with E-state index in [-0.39, 0.29) is 0 Å². The first kappa shape index (κ1) is 21.2. The van der Waals surface area contributed by atoms with Gasteiger partial charge in [-0.05, 0) is 50.2 Å². The molecule has 0 aliphatic carbocycles. The van der Waals surface area contributed by atoms with Gasteiger partial charge in [0.15, 0.2) is 0 Å². The van der Waals surface area contributed by atoms with Crippen molar-refractivity contribution < 1.29 is 0 Å². The summed E-state index contributed by atoms with van der Waals surface area (Å²) in [4.78, 5) is 13.7. The van der Waals surface area contributed by atoms with E-state index in [4.69, 9.17) is 4.98 Å². The molecular formula is C27H23N7. The fourth-order valence-electron chi connectivity index (χ4n) is 3.63. The van der Waals surface area contributed by atoms with Gasteiger partial charge >= 0.3 is 0 Å². The molecule has 0 atom stereocenters. The van der Waals surface area contributed by atoms with Crippen molar-refractivity contribution in [2.75, 3.05) is 10.9 Å². The molecule has 0 radical (unpaired) electrons. The van der Waals surface area contributed by atoms with Crippen LogP contribution in [0.15, 0.2) is 101 Å². The Morgan fingerprint density at radius 1 is 0.588 bits per heavy atom. The number of benzene rings is 2. The second-order valence-electron chi connectivity index (χ2n) is 7.79. The topological polar surface area (TPSA) is 87.5 Å². The zero-order valence-electron chi connectivity index (χ0n) is 18.9. The number of aromatic nitrogens is 3. The fraction of sp³-hybridized carbons (Fsp3) is 0.0741. The number of nitrogens with zero attached hydrogens (tertiary/aromatic N) is 5. The van der Waals surface area contributed by atoms with E-state index in [1.807, 2.05) is 92.7 Å². The number of anilines is 2. The van der Waals surface area contributed by atoms with E-state index in [9.17, 15) is 0 Å². The molecule has 3 aromatic heterocycles. The number of hydrogen-bond acceptors (Lipinski definition) is 7. The minimum Gasteiger partial charge on any atom is -0.276 e. The summed E-state index contributed by atoms with van der Waals surface area (Å²) in [6.45, 7) is 3.84. The number of para-hydroxylation sites is 2. The number of hydrogen-bond donors (Lipinski definition) is 2. The highest BCUT2D eigenvalue weighted by molar-refractivity contribution is 6.02. The van der Waals surface area contributed by atoms with Crippen LogP contribution in [0.4, 0.5) is 11.4 Å². The monoisotopic (exact) mass is 445 g/mol. The normalized spacial score (nSPS) is 12.2. The maximum Gasteiger partial charge on any atom is 0.0951 e. The van der Waals surface area contributed by atoms with E-state index in [0.717, 1.165) is 56.0 Å². The van der Waals surface area contributed by atoms with E-state index < -0.39 is 0 Å². The molecule has 0 aliphatic heterocycles. The molecule has 0 bridgehead atoms. The molecule has 0 saturated heterocycles. The Kier molecular flexibility index (Phi) is 5.90. The van der Waals surface area contributed by atoms with Gasteiger partial charge < -0.3 is 0 Å². The molecule has 0 unspecified atom stereocenters. The quantitative estimate of drug-likeness (QED) is 0.253. The van der Waals surface area contributed by atoms with Gasteiger partial charge in [0.25, 0.3) is 0 Å². The molecule has 0 amide bonds. The highest BCUT2D eigenvalue weighted by atomic mass is 15.3. The number of rotatable bonds is 6. The molecule has 0 saturated carbocycles.